The van der Waals surface area contributed by atoms with Crippen molar-refractivity contribution in [2.24, 2.45) is 11.8 Å². The van der Waals surface area contributed by atoms with Crippen LogP contribution in [0.3, 0.4) is 0 Å². The first-order chi connectivity index (χ1) is 13.6. The Labute approximate surface area is 172 Å². The zero-order valence-corrected chi connectivity index (χ0v) is 18.3. The van der Waals surface area contributed by atoms with Crippen LogP contribution in [0.15, 0.2) is 0 Å². The van der Waals surface area contributed by atoms with Gasteiger partial charge in [-0.3, -0.25) is 9.59 Å². The van der Waals surface area contributed by atoms with Crippen LogP contribution in [0.2, 0.25) is 0 Å². The number of esters is 2. The van der Waals surface area contributed by atoms with Gasteiger partial charge in [0.15, 0.2) is 0 Å². The van der Waals surface area contributed by atoms with Crippen molar-refractivity contribution in [1.82, 2.24) is 0 Å². The zero-order chi connectivity index (χ0) is 21.0. The molecule has 4 heteroatoms. The maximum atomic E-state index is 11.8. The van der Waals surface area contributed by atoms with Crippen molar-refractivity contribution in [1.29, 1.82) is 0 Å². The standard InChI is InChI=1S/C24H38O4/c1-5-7-9-11-12-13-14-16-18-21(17-15-10-8-6-2)19-20-22(23(25)27-3)24(26)28-4/h21-22H,5-15,17H2,1-4H3. The minimum atomic E-state index is -1.20. The summed E-state index contributed by atoms with van der Waals surface area (Å²) in [5.41, 5.74) is 0. The van der Waals surface area contributed by atoms with E-state index in [1.165, 1.54) is 59.2 Å². The highest BCUT2D eigenvalue weighted by Crippen LogP contribution is 2.12. The van der Waals surface area contributed by atoms with E-state index in [9.17, 15) is 9.59 Å². The molecule has 0 aliphatic carbocycles. The Morgan fingerprint density at radius 2 is 1.25 bits per heavy atom. The number of rotatable bonds is 13. The smallest absolute Gasteiger partial charge is 0.332 e. The van der Waals surface area contributed by atoms with Crippen molar-refractivity contribution >= 4 is 11.9 Å². The lowest BCUT2D eigenvalue weighted by molar-refractivity contribution is -0.155. The molecule has 0 aromatic rings. The molecular weight excluding hydrogens is 352 g/mol. The van der Waals surface area contributed by atoms with Crippen LogP contribution in [-0.4, -0.2) is 26.2 Å². The highest BCUT2D eigenvalue weighted by atomic mass is 16.5. The molecule has 0 heterocycles. The number of unbranched alkanes of at least 4 members (excludes halogenated alkanes) is 9. The summed E-state index contributed by atoms with van der Waals surface area (Å²) in [4.78, 5) is 23.5. The van der Waals surface area contributed by atoms with Gasteiger partial charge in [0.2, 0.25) is 5.92 Å². The summed E-state index contributed by atoms with van der Waals surface area (Å²) in [6, 6.07) is 0. The number of carbonyl (C=O) groups is 2. The number of carbonyl (C=O) groups excluding carboxylic acids is 2. The quantitative estimate of drug-likeness (QED) is 0.185. The van der Waals surface area contributed by atoms with Crippen molar-refractivity contribution < 1.29 is 19.1 Å². The van der Waals surface area contributed by atoms with Crippen molar-refractivity contribution in [3.63, 3.8) is 0 Å². The van der Waals surface area contributed by atoms with E-state index in [-0.39, 0.29) is 5.92 Å². The van der Waals surface area contributed by atoms with E-state index in [0.29, 0.717) is 0 Å². The summed E-state index contributed by atoms with van der Waals surface area (Å²) >= 11 is 0. The van der Waals surface area contributed by atoms with Crippen LogP contribution in [-0.2, 0) is 19.1 Å². The number of hydrogen-bond acceptors (Lipinski definition) is 4. The van der Waals surface area contributed by atoms with Gasteiger partial charge in [0.25, 0.3) is 0 Å². The largest absolute Gasteiger partial charge is 0.468 e. The Morgan fingerprint density at radius 1 is 0.714 bits per heavy atom. The predicted octanol–water partition coefficient (Wildman–Crippen LogP) is 5.29. The van der Waals surface area contributed by atoms with E-state index in [2.05, 4.69) is 47.0 Å². The Bertz CT molecular complexity index is 528. The monoisotopic (exact) mass is 390 g/mol. The summed E-state index contributed by atoms with van der Waals surface area (Å²) < 4.78 is 9.31. The average Bonchev–Trinajstić information content (AvgIpc) is 2.71. The molecule has 1 atom stereocenters. The first-order valence-electron chi connectivity index (χ1n) is 10.8. The van der Waals surface area contributed by atoms with Gasteiger partial charge in [-0.05, 0) is 12.8 Å². The molecular formula is C24H38O4. The van der Waals surface area contributed by atoms with Crippen LogP contribution in [0.25, 0.3) is 0 Å². The second-order valence-corrected chi connectivity index (χ2v) is 7.01. The summed E-state index contributed by atoms with van der Waals surface area (Å²) in [5.74, 6) is 9.53. The molecule has 4 nitrogen and oxygen atoms in total. The summed E-state index contributed by atoms with van der Waals surface area (Å²) in [6.45, 7) is 4.40. The molecule has 0 fully saturated rings. The van der Waals surface area contributed by atoms with Crippen molar-refractivity contribution in [3.8, 4) is 23.7 Å². The third kappa shape index (κ3) is 13.3. The van der Waals surface area contributed by atoms with Crippen molar-refractivity contribution in [3.05, 3.63) is 0 Å². The van der Waals surface area contributed by atoms with Crippen molar-refractivity contribution in [2.45, 2.75) is 90.9 Å². The van der Waals surface area contributed by atoms with Gasteiger partial charge in [0, 0.05) is 6.42 Å². The van der Waals surface area contributed by atoms with Gasteiger partial charge in [0.05, 0.1) is 20.1 Å². The van der Waals surface area contributed by atoms with Crippen LogP contribution in [0.4, 0.5) is 0 Å². The second kappa shape index (κ2) is 18.4. The molecule has 0 rings (SSSR count). The molecule has 0 aliphatic rings. The van der Waals surface area contributed by atoms with Gasteiger partial charge in [-0.2, -0.15) is 0 Å². The molecule has 0 spiro atoms. The number of hydrogen-bond donors (Lipinski definition) is 0. The van der Waals surface area contributed by atoms with Crippen LogP contribution in [0.5, 0.6) is 0 Å². The van der Waals surface area contributed by atoms with Crippen LogP contribution in [0.1, 0.15) is 90.9 Å². The third-order valence-corrected chi connectivity index (χ3v) is 4.55. The number of methoxy groups -OCH3 is 2. The maximum absolute atomic E-state index is 11.8. The summed E-state index contributed by atoms with van der Waals surface area (Å²) in [7, 11) is 2.48. The minimum absolute atomic E-state index is 0.131. The fraction of sp³-hybridized carbons (Fsp3) is 0.750. The summed E-state index contributed by atoms with van der Waals surface area (Å²) in [5, 5.41) is 0. The molecule has 0 bridgehead atoms. The Kier molecular flexibility index (Phi) is 17.1. The van der Waals surface area contributed by atoms with E-state index in [4.69, 9.17) is 0 Å². The Morgan fingerprint density at radius 3 is 1.82 bits per heavy atom. The third-order valence-electron chi connectivity index (χ3n) is 4.55. The van der Waals surface area contributed by atoms with Gasteiger partial charge in [-0.15, -0.1) is 5.92 Å². The van der Waals surface area contributed by atoms with E-state index in [1.807, 2.05) is 0 Å². The summed E-state index contributed by atoms with van der Waals surface area (Å²) in [6.07, 6.45) is 13.7. The fourth-order valence-electron chi connectivity index (χ4n) is 2.78. The molecule has 0 aromatic heterocycles. The zero-order valence-electron chi connectivity index (χ0n) is 18.3. The molecule has 0 saturated heterocycles. The van der Waals surface area contributed by atoms with Gasteiger partial charge in [-0.25, -0.2) is 0 Å². The lowest BCUT2D eigenvalue weighted by atomic mass is 10.00. The van der Waals surface area contributed by atoms with Gasteiger partial charge >= 0.3 is 11.9 Å². The highest BCUT2D eigenvalue weighted by molar-refractivity contribution is 5.98. The normalized spacial score (nSPS) is 11.0. The second-order valence-electron chi connectivity index (χ2n) is 7.01. The minimum Gasteiger partial charge on any atom is -0.468 e. The fourth-order valence-corrected chi connectivity index (χ4v) is 2.78. The Balaban J connectivity index is 4.81. The highest BCUT2D eigenvalue weighted by Gasteiger charge is 2.26. The van der Waals surface area contributed by atoms with Gasteiger partial charge in [0.1, 0.15) is 0 Å². The van der Waals surface area contributed by atoms with Gasteiger partial charge in [-0.1, -0.05) is 89.4 Å². The van der Waals surface area contributed by atoms with E-state index in [1.54, 1.807) is 0 Å². The van der Waals surface area contributed by atoms with Crippen LogP contribution in [0, 0.1) is 35.5 Å². The molecule has 0 aliphatic heterocycles. The van der Waals surface area contributed by atoms with Crippen LogP contribution >= 0.6 is 0 Å². The van der Waals surface area contributed by atoms with E-state index < -0.39 is 17.9 Å². The topological polar surface area (TPSA) is 52.6 Å². The number of ether oxygens (including phenoxy) is 2. The average molecular weight is 391 g/mol. The molecule has 0 amide bonds. The molecule has 28 heavy (non-hydrogen) atoms. The van der Waals surface area contributed by atoms with Crippen molar-refractivity contribution in [2.75, 3.05) is 14.2 Å². The first kappa shape index (κ1) is 26.1. The van der Waals surface area contributed by atoms with Gasteiger partial charge < -0.3 is 9.47 Å². The molecule has 158 valence electrons. The first-order valence-corrected chi connectivity index (χ1v) is 10.8. The SMILES string of the molecule is CCCCCCCCC#CC(C#CC(C(=O)OC)C(=O)OC)CCCCCC. The molecule has 0 aromatic carbocycles. The molecule has 0 N–H and O–H groups in total. The predicted molar refractivity (Wildman–Crippen MR) is 113 cm³/mol. The maximum Gasteiger partial charge on any atom is 0.332 e. The lowest BCUT2D eigenvalue weighted by Gasteiger charge is -2.07. The van der Waals surface area contributed by atoms with Crippen LogP contribution < -0.4 is 0 Å². The Hall–Kier alpha value is -1.94. The van der Waals surface area contributed by atoms with E-state index >= 15 is 0 Å². The molecule has 1 unspecified atom stereocenters. The van der Waals surface area contributed by atoms with E-state index in [0.717, 1.165) is 32.1 Å². The molecule has 0 radical (unpaired) electrons. The molecule has 0 saturated carbocycles. The lowest BCUT2D eigenvalue weighted by Crippen LogP contribution is -2.25.